The number of carbonyl (C=O) groups is 2. The Labute approximate surface area is 126 Å². The van der Waals surface area contributed by atoms with Crippen LogP contribution in [0.5, 0.6) is 0 Å². The van der Waals surface area contributed by atoms with Crippen LogP contribution in [0.25, 0.3) is 0 Å². The van der Waals surface area contributed by atoms with Crippen LogP contribution in [0.3, 0.4) is 0 Å². The molecular weight excluding hydrogens is 324 g/mol. The van der Waals surface area contributed by atoms with Crippen LogP contribution in [0.15, 0.2) is 28.7 Å². The molecule has 1 saturated heterocycles. The van der Waals surface area contributed by atoms with E-state index in [1.54, 1.807) is 0 Å². The minimum atomic E-state index is -0.796. The normalized spacial score (nSPS) is 18.9. The molecule has 1 aliphatic rings. The number of hydrogen-bond acceptors (Lipinski definition) is 3. The average Bonchev–Trinajstić information content (AvgIpc) is 2.85. The van der Waals surface area contributed by atoms with Gasteiger partial charge in [0.1, 0.15) is 6.04 Å². The van der Waals surface area contributed by atoms with Gasteiger partial charge in [0.25, 0.3) is 0 Å². The first-order valence-electron chi connectivity index (χ1n) is 6.58. The molecule has 1 fully saturated rings. The van der Waals surface area contributed by atoms with Crippen LogP contribution in [0.2, 0.25) is 0 Å². The maximum Gasteiger partial charge on any atom is 0.320 e. The highest BCUT2D eigenvalue weighted by Crippen LogP contribution is 2.18. The summed E-state index contributed by atoms with van der Waals surface area (Å²) in [4.78, 5) is 24.8. The summed E-state index contributed by atoms with van der Waals surface area (Å²) in [5, 5.41) is 11.9. The molecule has 2 rings (SSSR count). The molecule has 1 aromatic rings. The van der Waals surface area contributed by atoms with Crippen LogP contribution in [-0.2, 0) is 9.59 Å². The van der Waals surface area contributed by atoms with Crippen molar-refractivity contribution in [3.8, 4) is 0 Å². The van der Waals surface area contributed by atoms with Crippen molar-refractivity contribution in [2.45, 2.75) is 25.3 Å². The molecule has 0 bridgehead atoms. The van der Waals surface area contributed by atoms with Gasteiger partial charge in [-0.1, -0.05) is 22.0 Å². The maximum atomic E-state index is 11.9. The molecule has 0 aromatic heterocycles. The van der Waals surface area contributed by atoms with Gasteiger partial charge >= 0.3 is 5.97 Å². The predicted molar refractivity (Wildman–Crippen MR) is 79.6 cm³/mol. The molecule has 0 aliphatic carbocycles. The van der Waals surface area contributed by atoms with Gasteiger partial charge < -0.3 is 10.4 Å². The minimum absolute atomic E-state index is 0.0980. The largest absolute Gasteiger partial charge is 0.480 e. The van der Waals surface area contributed by atoms with E-state index in [9.17, 15) is 9.59 Å². The highest BCUT2D eigenvalue weighted by molar-refractivity contribution is 9.10. The second kappa shape index (κ2) is 6.85. The smallest absolute Gasteiger partial charge is 0.320 e. The van der Waals surface area contributed by atoms with Crippen LogP contribution in [0.1, 0.15) is 19.3 Å². The van der Waals surface area contributed by atoms with E-state index >= 15 is 0 Å². The fraction of sp³-hybridized carbons (Fsp3) is 0.429. The second-order valence-corrected chi connectivity index (χ2v) is 5.76. The molecular formula is C14H17BrN2O3. The first-order valence-corrected chi connectivity index (χ1v) is 7.38. The number of anilines is 1. The van der Waals surface area contributed by atoms with E-state index in [2.05, 4.69) is 21.2 Å². The summed E-state index contributed by atoms with van der Waals surface area (Å²) in [6, 6.07) is 6.94. The van der Waals surface area contributed by atoms with Gasteiger partial charge in [0.05, 0.1) is 0 Å². The first-order chi connectivity index (χ1) is 9.56. The molecule has 1 unspecified atom stereocenters. The summed E-state index contributed by atoms with van der Waals surface area (Å²) in [7, 11) is 0. The molecule has 1 atom stereocenters. The molecule has 5 nitrogen and oxygen atoms in total. The Hall–Kier alpha value is -1.40. The zero-order valence-electron chi connectivity index (χ0n) is 11.0. The third-order valence-corrected chi connectivity index (χ3v) is 3.88. The van der Waals surface area contributed by atoms with Gasteiger partial charge in [0.15, 0.2) is 0 Å². The molecule has 0 spiro atoms. The topological polar surface area (TPSA) is 69.6 Å². The van der Waals surface area contributed by atoms with Crippen molar-refractivity contribution in [1.82, 2.24) is 4.90 Å². The fourth-order valence-electron chi connectivity index (χ4n) is 2.41. The summed E-state index contributed by atoms with van der Waals surface area (Å²) < 4.78 is 0.904. The van der Waals surface area contributed by atoms with Crippen molar-refractivity contribution >= 4 is 33.5 Å². The molecule has 1 amide bonds. The van der Waals surface area contributed by atoms with Crippen LogP contribution in [0.4, 0.5) is 5.69 Å². The molecule has 20 heavy (non-hydrogen) atoms. The molecule has 1 heterocycles. The van der Waals surface area contributed by atoms with Crippen molar-refractivity contribution in [3.63, 3.8) is 0 Å². The number of halogens is 1. The van der Waals surface area contributed by atoms with E-state index in [0.717, 1.165) is 23.1 Å². The van der Waals surface area contributed by atoms with E-state index < -0.39 is 12.0 Å². The predicted octanol–water partition coefficient (Wildman–Crippen LogP) is 2.33. The van der Waals surface area contributed by atoms with Gasteiger partial charge in [-0.05, 0) is 37.6 Å². The molecule has 2 N–H and O–H groups in total. The Bertz CT molecular complexity index is 507. The highest BCUT2D eigenvalue weighted by atomic mass is 79.9. The Morgan fingerprint density at radius 3 is 2.95 bits per heavy atom. The lowest BCUT2D eigenvalue weighted by Gasteiger charge is -2.20. The number of carboxylic acid groups (broad SMARTS) is 1. The van der Waals surface area contributed by atoms with Crippen molar-refractivity contribution in [1.29, 1.82) is 0 Å². The third-order valence-electron chi connectivity index (χ3n) is 3.38. The second-order valence-electron chi connectivity index (χ2n) is 4.84. The van der Waals surface area contributed by atoms with E-state index in [1.165, 1.54) is 0 Å². The Morgan fingerprint density at radius 1 is 1.45 bits per heavy atom. The molecule has 108 valence electrons. The lowest BCUT2D eigenvalue weighted by Crippen LogP contribution is -2.37. The van der Waals surface area contributed by atoms with Crippen LogP contribution in [-0.4, -0.2) is 41.0 Å². The SMILES string of the molecule is O=C(CCN1CCCC1C(=O)O)Nc1cccc(Br)c1. The number of nitrogens with zero attached hydrogens (tertiary/aromatic N) is 1. The van der Waals surface area contributed by atoms with Crippen LogP contribution < -0.4 is 5.32 Å². The average molecular weight is 341 g/mol. The number of rotatable bonds is 5. The number of aliphatic carboxylic acids is 1. The molecule has 1 aliphatic heterocycles. The summed E-state index contributed by atoms with van der Waals surface area (Å²) in [5.41, 5.74) is 0.737. The van der Waals surface area contributed by atoms with Gasteiger partial charge in [-0.25, -0.2) is 0 Å². The quantitative estimate of drug-likeness (QED) is 0.862. The van der Waals surface area contributed by atoms with Gasteiger partial charge in [-0.15, -0.1) is 0 Å². The first kappa shape index (κ1) is 15.0. The minimum Gasteiger partial charge on any atom is -0.480 e. The molecule has 6 heteroatoms. The number of carboxylic acids is 1. The van der Waals surface area contributed by atoms with Gasteiger partial charge in [0.2, 0.25) is 5.91 Å². The lowest BCUT2D eigenvalue weighted by atomic mass is 10.2. The van der Waals surface area contributed by atoms with Crippen molar-refractivity contribution in [2.24, 2.45) is 0 Å². The molecule has 0 saturated carbocycles. The zero-order chi connectivity index (χ0) is 14.5. The van der Waals surface area contributed by atoms with Gasteiger partial charge in [-0.3, -0.25) is 14.5 Å². The number of likely N-dealkylation sites (tertiary alicyclic amines) is 1. The number of hydrogen-bond donors (Lipinski definition) is 2. The van der Waals surface area contributed by atoms with E-state index in [1.807, 2.05) is 29.2 Å². The van der Waals surface area contributed by atoms with Crippen LogP contribution >= 0.6 is 15.9 Å². The Morgan fingerprint density at radius 2 is 2.25 bits per heavy atom. The highest BCUT2D eigenvalue weighted by Gasteiger charge is 2.30. The number of nitrogens with one attached hydrogen (secondary N) is 1. The number of carbonyl (C=O) groups excluding carboxylic acids is 1. The summed E-state index contributed by atoms with van der Waals surface area (Å²) in [5.74, 6) is -0.894. The summed E-state index contributed by atoms with van der Waals surface area (Å²) in [6.45, 7) is 1.23. The van der Waals surface area contributed by atoms with Gasteiger partial charge in [-0.2, -0.15) is 0 Å². The third kappa shape index (κ3) is 4.05. The molecule has 0 radical (unpaired) electrons. The number of amides is 1. The van der Waals surface area contributed by atoms with Gasteiger partial charge in [0, 0.05) is 23.1 Å². The fourth-order valence-corrected chi connectivity index (χ4v) is 2.81. The Balaban J connectivity index is 1.82. The summed E-state index contributed by atoms with van der Waals surface area (Å²) in [6.07, 6.45) is 1.85. The maximum absolute atomic E-state index is 11.9. The van der Waals surface area contributed by atoms with E-state index in [4.69, 9.17) is 5.11 Å². The summed E-state index contributed by atoms with van der Waals surface area (Å²) >= 11 is 3.34. The zero-order valence-corrected chi connectivity index (χ0v) is 12.6. The Kier molecular flexibility index (Phi) is 5.14. The van der Waals surface area contributed by atoms with E-state index in [0.29, 0.717) is 19.4 Å². The lowest BCUT2D eigenvalue weighted by molar-refractivity contribution is -0.142. The standard InChI is InChI=1S/C14H17BrN2O3/c15-10-3-1-4-11(9-10)16-13(18)6-8-17-7-2-5-12(17)14(19)20/h1,3-4,9,12H,2,5-8H2,(H,16,18)(H,19,20). The van der Waals surface area contributed by atoms with Crippen LogP contribution in [0, 0.1) is 0 Å². The number of benzene rings is 1. The van der Waals surface area contributed by atoms with Crippen molar-refractivity contribution in [3.05, 3.63) is 28.7 Å². The van der Waals surface area contributed by atoms with Crippen molar-refractivity contribution in [2.75, 3.05) is 18.4 Å². The van der Waals surface area contributed by atoms with E-state index in [-0.39, 0.29) is 5.91 Å². The monoisotopic (exact) mass is 340 g/mol. The van der Waals surface area contributed by atoms with Crippen molar-refractivity contribution < 1.29 is 14.7 Å². The molecule has 1 aromatic carbocycles.